The first-order valence-electron chi connectivity index (χ1n) is 8.82. The van der Waals surface area contributed by atoms with Gasteiger partial charge in [0.05, 0.1) is 0 Å². The summed E-state index contributed by atoms with van der Waals surface area (Å²) in [5.41, 5.74) is 1.17. The summed E-state index contributed by atoms with van der Waals surface area (Å²) in [6.45, 7) is 5.11. The first-order chi connectivity index (χ1) is 12.1. The van der Waals surface area contributed by atoms with Crippen LogP contribution in [0.3, 0.4) is 0 Å². The summed E-state index contributed by atoms with van der Waals surface area (Å²) in [6, 6.07) is 3.94. The van der Waals surface area contributed by atoms with Crippen molar-refractivity contribution in [3.05, 3.63) is 42.0 Å². The number of benzene rings is 1. The molecule has 1 aromatic rings. The summed E-state index contributed by atoms with van der Waals surface area (Å²) in [5, 5.41) is 2.85. The van der Waals surface area contributed by atoms with E-state index in [0.29, 0.717) is 12.5 Å². The number of allylic oxidation sites excluding steroid dienone is 2. The first-order valence-corrected chi connectivity index (χ1v) is 8.82. The number of amides is 1. The van der Waals surface area contributed by atoms with Gasteiger partial charge in [-0.25, -0.2) is 0 Å². The summed E-state index contributed by atoms with van der Waals surface area (Å²) >= 11 is 0. The minimum absolute atomic E-state index is 0.0581. The first kappa shape index (κ1) is 17.4. The Bertz CT molecular complexity index is 679. The Morgan fingerprint density at radius 1 is 1.24 bits per heavy atom. The zero-order chi connectivity index (χ0) is 17.6. The van der Waals surface area contributed by atoms with Crippen molar-refractivity contribution in [2.45, 2.75) is 39.2 Å². The van der Waals surface area contributed by atoms with Crippen LogP contribution in [-0.2, 0) is 11.2 Å². The third-order valence-corrected chi connectivity index (χ3v) is 4.16. The highest BCUT2D eigenvalue weighted by Gasteiger charge is 2.23. The quantitative estimate of drug-likeness (QED) is 0.635. The molecule has 1 N–H and O–H groups in total. The number of ether oxygens (including phenoxy) is 3. The Balaban J connectivity index is 1.46. The van der Waals surface area contributed by atoms with Crippen molar-refractivity contribution in [2.24, 2.45) is 5.92 Å². The highest BCUT2D eigenvalue weighted by molar-refractivity contribution is 5.87. The monoisotopic (exact) mass is 343 g/mol. The van der Waals surface area contributed by atoms with E-state index in [-0.39, 0.29) is 18.8 Å². The van der Waals surface area contributed by atoms with Crippen LogP contribution in [0.15, 0.2) is 36.4 Å². The van der Waals surface area contributed by atoms with Gasteiger partial charge in [0.1, 0.15) is 11.9 Å². The van der Waals surface area contributed by atoms with E-state index in [1.54, 1.807) is 12.2 Å². The zero-order valence-electron chi connectivity index (χ0n) is 14.8. The van der Waals surface area contributed by atoms with E-state index in [1.807, 2.05) is 24.3 Å². The number of hydrogen-bond acceptors (Lipinski definition) is 4. The SMILES string of the molecule is CC(C)CNC(=O)/C=C/C=C/CC1CCc2cc3c(cc2O1)OCO3. The Morgan fingerprint density at radius 2 is 2.04 bits per heavy atom. The zero-order valence-corrected chi connectivity index (χ0v) is 14.8. The topological polar surface area (TPSA) is 56.8 Å². The predicted molar refractivity (Wildman–Crippen MR) is 96.0 cm³/mol. The van der Waals surface area contributed by atoms with E-state index in [9.17, 15) is 4.79 Å². The molecule has 0 saturated carbocycles. The molecule has 1 unspecified atom stereocenters. The lowest BCUT2D eigenvalue weighted by atomic mass is 10.00. The maximum atomic E-state index is 11.6. The summed E-state index contributed by atoms with van der Waals surface area (Å²) in [6.07, 6.45) is 10.1. The van der Waals surface area contributed by atoms with Crippen LogP contribution in [0.25, 0.3) is 0 Å². The third-order valence-electron chi connectivity index (χ3n) is 4.16. The second-order valence-electron chi connectivity index (χ2n) is 6.75. The fraction of sp³-hybridized carbons (Fsp3) is 0.450. The number of aryl methyl sites for hydroxylation is 1. The van der Waals surface area contributed by atoms with E-state index in [4.69, 9.17) is 14.2 Å². The average Bonchev–Trinajstić information content (AvgIpc) is 3.04. The van der Waals surface area contributed by atoms with E-state index >= 15 is 0 Å². The minimum Gasteiger partial charge on any atom is -0.490 e. The van der Waals surface area contributed by atoms with Crippen molar-refractivity contribution >= 4 is 5.91 Å². The maximum Gasteiger partial charge on any atom is 0.243 e. The van der Waals surface area contributed by atoms with Crippen LogP contribution < -0.4 is 19.5 Å². The lowest BCUT2D eigenvalue weighted by Gasteiger charge is -2.25. The number of carbonyl (C=O) groups excluding carboxylic acids is 1. The van der Waals surface area contributed by atoms with Gasteiger partial charge >= 0.3 is 0 Å². The summed E-state index contributed by atoms with van der Waals surface area (Å²) in [5.74, 6) is 2.85. The lowest BCUT2D eigenvalue weighted by Crippen LogP contribution is -2.25. The Kier molecular flexibility index (Phi) is 5.64. The van der Waals surface area contributed by atoms with E-state index < -0.39 is 0 Å². The molecule has 5 heteroatoms. The fourth-order valence-electron chi connectivity index (χ4n) is 2.81. The lowest BCUT2D eigenvalue weighted by molar-refractivity contribution is -0.116. The van der Waals surface area contributed by atoms with Crippen LogP contribution in [0, 0.1) is 5.92 Å². The Morgan fingerprint density at radius 3 is 2.84 bits per heavy atom. The molecule has 2 aliphatic rings. The van der Waals surface area contributed by atoms with Crippen LogP contribution in [0.1, 0.15) is 32.3 Å². The molecule has 1 atom stereocenters. The number of rotatable bonds is 6. The molecule has 25 heavy (non-hydrogen) atoms. The Labute approximate surface area is 148 Å². The third kappa shape index (κ3) is 4.78. The molecule has 0 fully saturated rings. The van der Waals surface area contributed by atoms with Crippen LogP contribution in [0.2, 0.25) is 0 Å². The molecular formula is C20H25NO4. The van der Waals surface area contributed by atoms with Crippen molar-refractivity contribution in [3.8, 4) is 17.2 Å². The summed E-state index contributed by atoms with van der Waals surface area (Å²) in [7, 11) is 0. The van der Waals surface area contributed by atoms with Gasteiger partial charge in [0.2, 0.25) is 12.7 Å². The van der Waals surface area contributed by atoms with Gasteiger partial charge < -0.3 is 19.5 Å². The molecule has 0 radical (unpaired) electrons. The standard InChI is InChI=1S/C20H25NO4/c1-14(2)12-21-20(22)7-5-3-4-6-16-9-8-15-10-18-19(24-13-23-18)11-17(15)25-16/h3-5,7,10-11,14,16H,6,8-9,12-13H2,1-2H3,(H,21,22)/b4-3+,7-5+. The second-order valence-corrected chi connectivity index (χ2v) is 6.75. The largest absolute Gasteiger partial charge is 0.490 e. The van der Waals surface area contributed by atoms with E-state index in [2.05, 4.69) is 19.2 Å². The van der Waals surface area contributed by atoms with Gasteiger partial charge in [-0.05, 0) is 30.4 Å². The molecular weight excluding hydrogens is 318 g/mol. The van der Waals surface area contributed by atoms with Crippen molar-refractivity contribution in [3.63, 3.8) is 0 Å². The van der Waals surface area contributed by atoms with Gasteiger partial charge in [0.25, 0.3) is 0 Å². The van der Waals surface area contributed by atoms with Crippen LogP contribution in [-0.4, -0.2) is 25.3 Å². The van der Waals surface area contributed by atoms with Crippen molar-refractivity contribution in [1.82, 2.24) is 5.32 Å². The molecule has 0 spiro atoms. The van der Waals surface area contributed by atoms with Crippen molar-refractivity contribution in [1.29, 1.82) is 0 Å². The van der Waals surface area contributed by atoms with Gasteiger partial charge in [-0.3, -0.25) is 4.79 Å². The second kappa shape index (κ2) is 8.10. The van der Waals surface area contributed by atoms with Crippen LogP contribution in [0.5, 0.6) is 17.2 Å². The fourth-order valence-corrected chi connectivity index (χ4v) is 2.81. The molecule has 0 aromatic heterocycles. The number of fused-ring (bicyclic) bond motifs is 2. The highest BCUT2D eigenvalue weighted by Crippen LogP contribution is 2.41. The molecule has 0 bridgehead atoms. The van der Waals surface area contributed by atoms with Crippen LogP contribution in [0.4, 0.5) is 0 Å². The van der Waals surface area contributed by atoms with Gasteiger partial charge in [-0.2, -0.15) is 0 Å². The average molecular weight is 343 g/mol. The normalized spacial score (nSPS) is 18.6. The van der Waals surface area contributed by atoms with Gasteiger partial charge in [0.15, 0.2) is 11.5 Å². The van der Waals surface area contributed by atoms with Crippen molar-refractivity contribution in [2.75, 3.05) is 13.3 Å². The number of hydrogen-bond donors (Lipinski definition) is 1. The van der Waals surface area contributed by atoms with E-state index in [1.165, 1.54) is 5.56 Å². The van der Waals surface area contributed by atoms with Gasteiger partial charge in [-0.15, -0.1) is 0 Å². The highest BCUT2D eigenvalue weighted by atomic mass is 16.7. The molecule has 3 rings (SSSR count). The molecule has 5 nitrogen and oxygen atoms in total. The smallest absolute Gasteiger partial charge is 0.243 e. The Hall–Kier alpha value is -2.43. The molecule has 2 aliphatic heterocycles. The van der Waals surface area contributed by atoms with Gasteiger partial charge in [-0.1, -0.05) is 32.1 Å². The van der Waals surface area contributed by atoms with Crippen molar-refractivity contribution < 1.29 is 19.0 Å². The summed E-state index contributed by atoms with van der Waals surface area (Å²) < 4.78 is 16.9. The number of carbonyl (C=O) groups is 1. The molecule has 134 valence electrons. The predicted octanol–water partition coefficient (Wildman–Crippen LogP) is 3.38. The molecule has 2 heterocycles. The molecule has 0 aliphatic carbocycles. The van der Waals surface area contributed by atoms with E-state index in [0.717, 1.165) is 36.5 Å². The molecule has 1 amide bonds. The van der Waals surface area contributed by atoms with Gasteiger partial charge in [0, 0.05) is 25.1 Å². The maximum absolute atomic E-state index is 11.6. The number of nitrogens with one attached hydrogen (secondary N) is 1. The van der Waals surface area contributed by atoms with Crippen LogP contribution >= 0.6 is 0 Å². The molecule has 1 aromatic carbocycles. The summed E-state index contributed by atoms with van der Waals surface area (Å²) in [4.78, 5) is 11.6. The minimum atomic E-state index is -0.0581. The molecule has 0 saturated heterocycles.